The van der Waals surface area contributed by atoms with Gasteiger partial charge in [0.1, 0.15) is 0 Å². The summed E-state index contributed by atoms with van der Waals surface area (Å²) >= 11 is 0. The zero-order chi connectivity index (χ0) is 12.3. The fourth-order valence-corrected chi connectivity index (χ4v) is 3.82. The number of benzene rings is 1. The number of carbonyl (C=O) groups is 1. The molecule has 0 saturated carbocycles. The maximum atomic E-state index is 11.7. The number of amides is 1. The molecule has 0 bridgehead atoms. The van der Waals surface area contributed by atoms with Gasteiger partial charge in [-0.05, 0) is 24.5 Å². The predicted molar refractivity (Wildman–Crippen MR) is 65.5 cm³/mol. The van der Waals surface area contributed by atoms with Crippen molar-refractivity contribution in [1.29, 1.82) is 0 Å². The molecule has 5 heteroatoms. The summed E-state index contributed by atoms with van der Waals surface area (Å²) in [6.07, 6.45) is 0.650. The van der Waals surface area contributed by atoms with Gasteiger partial charge in [-0.25, -0.2) is 8.42 Å². The first-order valence-corrected chi connectivity index (χ1v) is 7.43. The second-order valence-electron chi connectivity index (χ2n) is 4.35. The van der Waals surface area contributed by atoms with E-state index in [4.69, 9.17) is 0 Å². The molecule has 1 atom stereocenters. The number of carbonyl (C=O) groups excluding carboxylic acids is 1. The Labute approximate surface area is 101 Å². The van der Waals surface area contributed by atoms with Gasteiger partial charge in [-0.3, -0.25) is 4.79 Å². The fourth-order valence-electron chi connectivity index (χ4n) is 1.96. The summed E-state index contributed by atoms with van der Waals surface area (Å²) < 4.78 is 22.5. The largest absolute Gasteiger partial charge is 0.352 e. The summed E-state index contributed by atoms with van der Waals surface area (Å²) in [5.74, 6) is 0.364. The van der Waals surface area contributed by atoms with Crippen molar-refractivity contribution in [2.24, 2.45) is 5.92 Å². The van der Waals surface area contributed by atoms with Crippen molar-refractivity contribution in [1.82, 2.24) is 5.32 Å². The first-order chi connectivity index (χ1) is 8.07. The first kappa shape index (κ1) is 12.1. The number of hydrogen-bond donors (Lipinski definition) is 1. The molecule has 0 aliphatic carbocycles. The summed E-state index contributed by atoms with van der Waals surface area (Å²) in [5, 5.41) is 2.78. The van der Waals surface area contributed by atoms with Crippen LogP contribution in [0, 0.1) is 5.92 Å². The van der Waals surface area contributed by atoms with E-state index in [1.165, 1.54) is 0 Å². The van der Waals surface area contributed by atoms with Gasteiger partial charge in [-0.15, -0.1) is 0 Å². The third kappa shape index (κ3) is 3.30. The molecular weight excluding hydrogens is 238 g/mol. The monoisotopic (exact) mass is 253 g/mol. The van der Waals surface area contributed by atoms with Crippen LogP contribution < -0.4 is 5.32 Å². The Morgan fingerprint density at radius 2 is 2.00 bits per heavy atom. The van der Waals surface area contributed by atoms with Gasteiger partial charge in [0.25, 0.3) is 5.91 Å². The standard InChI is InChI=1S/C12H15NO3S/c14-12(11-4-2-1-3-5-11)13-8-10-6-7-17(15,16)9-10/h1-5,10H,6-9H2,(H,13,14)/t10-/m1/s1. The molecule has 0 spiro atoms. The average Bonchev–Trinajstić information content (AvgIpc) is 2.67. The van der Waals surface area contributed by atoms with Crippen LogP contribution in [0.2, 0.25) is 0 Å². The smallest absolute Gasteiger partial charge is 0.251 e. The molecule has 0 radical (unpaired) electrons. The second kappa shape index (κ2) is 4.87. The summed E-state index contributed by atoms with van der Waals surface area (Å²) in [6.45, 7) is 0.437. The zero-order valence-electron chi connectivity index (χ0n) is 9.43. The molecule has 1 aliphatic rings. The molecule has 1 fully saturated rings. The molecule has 1 amide bonds. The highest BCUT2D eigenvalue weighted by Gasteiger charge is 2.27. The molecule has 2 rings (SSSR count). The van der Waals surface area contributed by atoms with E-state index in [-0.39, 0.29) is 23.3 Å². The van der Waals surface area contributed by atoms with Gasteiger partial charge in [0.15, 0.2) is 9.84 Å². The summed E-state index contributed by atoms with van der Waals surface area (Å²) in [4.78, 5) is 11.7. The summed E-state index contributed by atoms with van der Waals surface area (Å²) in [5.41, 5.74) is 0.605. The van der Waals surface area contributed by atoms with Gasteiger partial charge in [0, 0.05) is 12.1 Å². The lowest BCUT2D eigenvalue weighted by atomic mass is 10.1. The van der Waals surface area contributed by atoms with E-state index in [0.717, 1.165) is 0 Å². The first-order valence-electron chi connectivity index (χ1n) is 5.60. The van der Waals surface area contributed by atoms with Crippen LogP contribution in [0.5, 0.6) is 0 Å². The zero-order valence-corrected chi connectivity index (χ0v) is 10.2. The van der Waals surface area contributed by atoms with Crippen LogP contribution in [-0.4, -0.2) is 32.4 Å². The Bertz CT molecular complexity index is 496. The molecule has 0 unspecified atom stereocenters. The molecule has 1 N–H and O–H groups in total. The third-order valence-corrected chi connectivity index (χ3v) is 4.75. The Hall–Kier alpha value is -1.36. The topological polar surface area (TPSA) is 63.2 Å². The molecule has 1 aromatic carbocycles. The van der Waals surface area contributed by atoms with Crippen LogP contribution in [0.25, 0.3) is 0 Å². The van der Waals surface area contributed by atoms with E-state index >= 15 is 0 Å². The van der Waals surface area contributed by atoms with E-state index in [0.29, 0.717) is 18.5 Å². The Morgan fingerprint density at radius 1 is 1.29 bits per heavy atom. The van der Waals surface area contributed by atoms with Crippen LogP contribution in [0.3, 0.4) is 0 Å². The van der Waals surface area contributed by atoms with Crippen molar-refractivity contribution in [2.75, 3.05) is 18.1 Å². The average molecular weight is 253 g/mol. The minimum atomic E-state index is -2.86. The van der Waals surface area contributed by atoms with Crippen molar-refractivity contribution in [3.63, 3.8) is 0 Å². The molecule has 17 heavy (non-hydrogen) atoms. The maximum absolute atomic E-state index is 11.7. The molecule has 1 saturated heterocycles. The molecule has 1 aliphatic heterocycles. The van der Waals surface area contributed by atoms with Gasteiger partial charge in [0.2, 0.25) is 0 Å². The van der Waals surface area contributed by atoms with Crippen LogP contribution >= 0.6 is 0 Å². The lowest BCUT2D eigenvalue weighted by Crippen LogP contribution is -2.29. The molecule has 1 aromatic rings. The highest BCUT2D eigenvalue weighted by atomic mass is 32.2. The van der Waals surface area contributed by atoms with Crippen LogP contribution in [0.15, 0.2) is 30.3 Å². The molecule has 0 aromatic heterocycles. The number of nitrogens with one attached hydrogen (secondary N) is 1. The van der Waals surface area contributed by atoms with Crippen LogP contribution in [0.1, 0.15) is 16.8 Å². The van der Waals surface area contributed by atoms with Crippen LogP contribution in [-0.2, 0) is 9.84 Å². The van der Waals surface area contributed by atoms with Gasteiger partial charge < -0.3 is 5.32 Å². The number of rotatable bonds is 3. The summed E-state index contributed by atoms with van der Waals surface area (Å²) in [7, 11) is -2.86. The Balaban J connectivity index is 1.86. The van der Waals surface area contributed by atoms with Crippen molar-refractivity contribution in [2.45, 2.75) is 6.42 Å². The number of hydrogen-bond acceptors (Lipinski definition) is 3. The summed E-state index contributed by atoms with van der Waals surface area (Å²) in [6, 6.07) is 8.92. The Morgan fingerprint density at radius 3 is 2.59 bits per heavy atom. The third-order valence-electron chi connectivity index (χ3n) is 2.91. The minimum Gasteiger partial charge on any atom is -0.352 e. The fraction of sp³-hybridized carbons (Fsp3) is 0.417. The van der Waals surface area contributed by atoms with E-state index in [1.807, 2.05) is 6.07 Å². The van der Waals surface area contributed by atoms with Crippen molar-refractivity contribution in [3.05, 3.63) is 35.9 Å². The lowest BCUT2D eigenvalue weighted by Gasteiger charge is -2.09. The second-order valence-corrected chi connectivity index (χ2v) is 6.57. The molecule has 1 heterocycles. The van der Waals surface area contributed by atoms with Gasteiger partial charge in [-0.2, -0.15) is 0 Å². The molecule has 4 nitrogen and oxygen atoms in total. The highest BCUT2D eigenvalue weighted by Crippen LogP contribution is 2.17. The highest BCUT2D eigenvalue weighted by molar-refractivity contribution is 7.91. The van der Waals surface area contributed by atoms with Gasteiger partial charge in [-0.1, -0.05) is 18.2 Å². The van der Waals surface area contributed by atoms with E-state index < -0.39 is 9.84 Å². The SMILES string of the molecule is O=C(NC[C@H]1CCS(=O)(=O)C1)c1ccccc1. The Kier molecular flexibility index (Phi) is 3.47. The normalized spacial score (nSPS) is 22.2. The number of sulfone groups is 1. The molecule has 92 valence electrons. The van der Waals surface area contributed by atoms with Crippen molar-refractivity contribution >= 4 is 15.7 Å². The van der Waals surface area contributed by atoms with Gasteiger partial charge in [0.05, 0.1) is 11.5 Å². The quantitative estimate of drug-likeness (QED) is 0.868. The predicted octanol–water partition coefficient (Wildman–Crippen LogP) is 0.851. The van der Waals surface area contributed by atoms with Gasteiger partial charge >= 0.3 is 0 Å². The van der Waals surface area contributed by atoms with E-state index in [1.54, 1.807) is 24.3 Å². The van der Waals surface area contributed by atoms with Crippen molar-refractivity contribution < 1.29 is 13.2 Å². The van der Waals surface area contributed by atoms with E-state index in [9.17, 15) is 13.2 Å². The minimum absolute atomic E-state index is 0.0627. The molecular formula is C12H15NO3S. The van der Waals surface area contributed by atoms with Crippen molar-refractivity contribution in [3.8, 4) is 0 Å². The van der Waals surface area contributed by atoms with E-state index in [2.05, 4.69) is 5.32 Å². The maximum Gasteiger partial charge on any atom is 0.251 e. The lowest BCUT2D eigenvalue weighted by molar-refractivity contribution is 0.0948. The van der Waals surface area contributed by atoms with Crippen LogP contribution in [0.4, 0.5) is 0 Å².